The van der Waals surface area contributed by atoms with Crippen LogP contribution in [0, 0.1) is 0 Å². The van der Waals surface area contributed by atoms with Gasteiger partial charge < -0.3 is 4.57 Å². The molecule has 0 radical (unpaired) electrons. The van der Waals surface area contributed by atoms with Gasteiger partial charge in [-0.2, -0.15) is 0 Å². The topological polar surface area (TPSA) is 4.93 Å². The fourth-order valence-corrected chi connectivity index (χ4v) is 11.7. The highest BCUT2D eigenvalue weighted by Crippen LogP contribution is 2.57. The fraction of sp³-hybridized carbons (Fsp3) is 0.0204. The quantitative estimate of drug-likeness (QED) is 0.153. The average Bonchev–Trinajstić information content (AvgIpc) is 3.92. The summed E-state index contributed by atoms with van der Waals surface area (Å²) in [5, 5.41) is 5.26. The maximum absolute atomic E-state index is 2.51. The third kappa shape index (κ3) is 3.15. The number of aromatic nitrogens is 1. The molecule has 2 aromatic heterocycles. The largest absolute Gasteiger partial charge is 0.309 e. The van der Waals surface area contributed by atoms with Crippen LogP contribution in [0.1, 0.15) is 22.3 Å². The molecule has 238 valence electrons. The Hall–Kier alpha value is -6.16. The molecule has 0 saturated carbocycles. The number of hydrogen-bond donors (Lipinski definition) is 0. The standard InChI is InChI=1S/C49H28BNS/c1-5-17-38-30(12-1)35-26-29(51-44-22-9-3-14-32(44)36-28-47-37(27-45(36)51)33-15-4-10-23-46(33)52-47)24-25-39(35)49(38)40-18-6-8-21-43(40)50-42-20-7-2-13-31(42)34-16-11-19-41(49)48(34)50/h1-28H. The Morgan fingerprint density at radius 1 is 0.404 bits per heavy atom. The van der Waals surface area contributed by atoms with Gasteiger partial charge in [0.1, 0.15) is 0 Å². The molecule has 52 heavy (non-hydrogen) atoms. The minimum Gasteiger partial charge on any atom is -0.309 e. The zero-order valence-electron chi connectivity index (χ0n) is 28.1. The number of hydrogen-bond acceptors (Lipinski definition) is 1. The molecule has 1 unspecified atom stereocenters. The fourth-order valence-electron chi connectivity index (χ4n) is 10.6. The number of rotatable bonds is 1. The first-order chi connectivity index (χ1) is 25.8. The first kappa shape index (κ1) is 27.6. The number of benzene rings is 8. The number of thiophene rings is 1. The van der Waals surface area contributed by atoms with Gasteiger partial charge in [0.25, 0.3) is 0 Å². The highest BCUT2D eigenvalue weighted by molar-refractivity contribution is 7.25. The molecule has 8 aromatic carbocycles. The third-order valence-electron chi connectivity index (χ3n) is 12.5. The Bertz CT molecular complexity index is 3220. The van der Waals surface area contributed by atoms with Crippen LogP contribution >= 0.6 is 11.3 Å². The molecule has 0 N–H and O–H groups in total. The van der Waals surface area contributed by atoms with Crippen molar-refractivity contribution in [3.05, 3.63) is 192 Å². The Morgan fingerprint density at radius 2 is 1.10 bits per heavy atom. The van der Waals surface area contributed by atoms with Crippen molar-refractivity contribution in [3.8, 4) is 27.9 Å². The molecular formula is C49H28BNS. The zero-order valence-corrected chi connectivity index (χ0v) is 28.9. The lowest BCUT2D eigenvalue weighted by Crippen LogP contribution is -2.59. The molecule has 1 nitrogen and oxygen atoms in total. The highest BCUT2D eigenvalue weighted by atomic mass is 32.1. The molecule has 0 amide bonds. The maximum atomic E-state index is 2.51. The molecule has 1 aliphatic carbocycles. The summed E-state index contributed by atoms with van der Waals surface area (Å²) in [5.74, 6) is 0. The molecule has 13 rings (SSSR count). The van der Waals surface area contributed by atoms with Crippen LogP contribution in [0.15, 0.2) is 170 Å². The van der Waals surface area contributed by atoms with E-state index >= 15 is 0 Å². The van der Waals surface area contributed by atoms with E-state index in [4.69, 9.17) is 0 Å². The molecule has 1 atom stereocenters. The molecule has 10 aromatic rings. The minimum atomic E-state index is -0.409. The van der Waals surface area contributed by atoms with E-state index in [2.05, 4.69) is 174 Å². The Morgan fingerprint density at radius 3 is 2.02 bits per heavy atom. The van der Waals surface area contributed by atoms with Crippen LogP contribution in [0.25, 0.3) is 69.9 Å². The van der Waals surface area contributed by atoms with Gasteiger partial charge in [-0.15, -0.1) is 11.3 Å². The van der Waals surface area contributed by atoms with Gasteiger partial charge in [-0.1, -0.05) is 150 Å². The Balaban J connectivity index is 1.13. The van der Waals surface area contributed by atoms with Crippen molar-refractivity contribution in [1.82, 2.24) is 4.57 Å². The van der Waals surface area contributed by atoms with Gasteiger partial charge >= 0.3 is 0 Å². The number of para-hydroxylation sites is 1. The van der Waals surface area contributed by atoms with E-state index in [1.54, 1.807) is 0 Å². The van der Waals surface area contributed by atoms with Crippen molar-refractivity contribution >= 4 is 76.4 Å². The molecule has 0 saturated heterocycles. The molecule has 4 heterocycles. The summed E-state index contributed by atoms with van der Waals surface area (Å²) in [4.78, 5) is 0. The third-order valence-corrected chi connectivity index (χ3v) is 13.6. The average molecular weight is 674 g/mol. The van der Waals surface area contributed by atoms with Crippen molar-refractivity contribution < 1.29 is 0 Å². The number of nitrogens with zero attached hydrogens (tertiary/aromatic N) is 1. The summed E-state index contributed by atoms with van der Waals surface area (Å²) >= 11 is 1.89. The molecular weight excluding hydrogens is 645 g/mol. The summed E-state index contributed by atoms with van der Waals surface area (Å²) in [5.41, 5.74) is 18.6. The summed E-state index contributed by atoms with van der Waals surface area (Å²) in [6.07, 6.45) is 0. The monoisotopic (exact) mass is 673 g/mol. The smallest absolute Gasteiger partial charge is 0.243 e. The van der Waals surface area contributed by atoms with Gasteiger partial charge in [-0.05, 0) is 80.9 Å². The number of fused-ring (bicyclic) bond motifs is 18. The van der Waals surface area contributed by atoms with Crippen LogP contribution in [-0.2, 0) is 5.41 Å². The van der Waals surface area contributed by atoms with Crippen molar-refractivity contribution in [2.75, 3.05) is 0 Å². The lowest BCUT2D eigenvalue weighted by atomic mass is 9.32. The Labute approximate surface area is 305 Å². The highest BCUT2D eigenvalue weighted by Gasteiger charge is 2.54. The van der Waals surface area contributed by atoms with E-state index in [-0.39, 0.29) is 6.71 Å². The predicted molar refractivity (Wildman–Crippen MR) is 221 cm³/mol. The predicted octanol–water partition coefficient (Wildman–Crippen LogP) is 10.3. The van der Waals surface area contributed by atoms with Crippen LogP contribution in [-0.4, -0.2) is 11.3 Å². The van der Waals surface area contributed by atoms with E-state index in [1.165, 1.54) is 109 Å². The van der Waals surface area contributed by atoms with Crippen LogP contribution in [0.3, 0.4) is 0 Å². The lowest BCUT2D eigenvalue weighted by molar-refractivity contribution is 0.775. The van der Waals surface area contributed by atoms with Gasteiger partial charge in [0, 0.05) is 36.6 Å². The molecule has 0 bridgehead atoms. The molecule has 0 fully saturated rings. The van der Waals surface area contributed by atoms with E-state index in [0.29, 0.717) is 0 Å². The van der Waals surface area contributed by atoms with Gasteiger partial charge in [0.05, 0.1) is 16.4 Å². The van der Waals surface area contributed by atoms with Crippen LogP contribution in [0.4, 0.5) is 0 Å². The molecule has 3 heteroatoms. The first-order valence-electron chi connectivity index (χ1n) is 18.2. The summed E-state index contributed by atoms with van der Waals surface area (Å²) in [6.45, 7) is 0.238. The summed E-state index contributed by atoms with van der Waals surface area (Å²) < 4.78 is 5.19. The Kier molecular flexibility index (Phi) is 5.08. The van der Waals surface area contributed by atoms with Gasteiger partial charge in [-0.3, -0.25) is 0 Å². The van der Waals surface area contributed by atoms with Crippen molar-refractivity contribution in [1.29, 1.82) is 0 Å². The summed E-state index contributed by atoms with van der Waals surface area (Å²) in [6, 6.07) is 64.6. The minimum absolute atomic E-state index is 0.238. The second-order valence-corrected chi connectivity index (χ2v) is 15.8. The molecule has 3 aliphatic rings. The van der Waals surface area contributed by atoms with Gasteiger partial charge in [0.2, 0.25) is 6.71 Å². The van der Waals surface area contributed by atoms with Gasteiger partial charge in [-0.25, -0.2) is 0 Å². The normalized spacial score (nSPS) is 16.1. The van der Waals surface area contributed by atoms with Crippen LogP contribution in [0.2, 0.25) is 0 Å². The first-order valence-corrected chi connectivity index (χ1v) is 19.0. The van der Waals surface area contributed by atoms with Crippen molar-refractivity contribution in [3.63, 3.8) is 0 Å². The maximum Gasteiger partial charge on any atom is 0.243 e. The molecule has 1 spiro atoms. The molecule has 2 aliphatic heterocycles. The van der Waals surface area contributed by atoms with Crippen LogP contribution in [0.5, 0.6) is 0 Å². The van der Waals surface area contributed by atoms with Gasteiger partial charge in [0.15, 0.2) is 0 Å². The van der Waals surface area contributed by atoms with Crippen molar-refractivity contribution in [2.45, 2.75) is 5.41 Å². The second-order valence-electron chi connectivity index (χ2n) is 14.7. The zero-order chi connectivity index (χ0) is 33.7. The second kappa shape index (κ2) is 9.58. The van der Waals surface area contributed by atoms with E-state index in [0.717, 1.165) is 0 Å². The summed E-state index contributed by atoms with van der Waals surface area (Å²) in [7, 11) is 0. The van der Waals surface area contributed by atoms with E-state index in [1.807, 2.05) is 11.3 Å². The van der Waals surface area contributed by atoms with E-state index < -0.39 is 5.41 Å². The lowest BCUT2D eigenvalue weighted by Gasteiger charge is -2.42. The SMILES string of the molecule is c1ccc2c(c1)B1c3ccccc3C3(c4ccccc4-c4cc(-n5c6ccccc6c6cc7sc8ccccc8c7cc65)ccc43)c3cccc-2c31. The van der Waals surface area contributed by atoms with Crippen molar-refractivity contribution in [2.24, 2.45) is 0 Å². The van der Waals surface area contributed by atoms with Crippen LogP contribution < -0.4 is 16.4 Å². The van der Waals surface area contributed by atoms with E-state index in [9.17, 15) is 0 Å².